The SMILES string of the molecule is C1OC[C@H]2O[C@@H]3COC[C@H]3O[C@@H]12. The van der Waals surface area contributed by atoms with Crippen molar-refractivity contribution in [1.82, 2.24) is 0 Å². The van der Waals surface area contributed by atoms with Gasteiger partial charge in [-0.15, -0.1) is 0 Å². The first-order valence-corrected chi connectivity index (χ1v) is 4.40. The van der Waals surface area contributed by atoms with Crippen LogP contribution in [0.5, 0.6) is 0 Å². The minimum Gasteiger partial charge on any atom is -0.376 e. The van der Waals surface area contributed by atoms with Gasteiger partial charge in [0, 0.05) is 0 Å². The van der Waals surface area contributed by atoms with Crippen LogP contribution >= 0.6 is 0 Å². The summed E-state index contributed by atoms with van der Waals surface area (Å²) in [6.07, 6.45) is 0.585. The Kier molecular flexibility index (Phi) is 1.61. The molecule has 0 spiro atoms. The highest BCUT2D eigenvalue weighted by Crippen LogP contribution is 2.28. The van der Waals surface area contributed by atoms with Crippen LogP contribution in [0.25, 0.3) is 0 Å². The Balaban J connectivity index is 1.75. The summed E-state index contributed by atoms with van der Waals surface area (Å²) in [7, 11) is 0. The van der Waals surface area contributed by atoms with E-state index in [4.69, 9.17) is 18.9 Å². The van der Waals surface area contributed by atoms with Crippen LogP contribution < -0.4 is 0 Å². The second kappa shape index (κ2) is 2.67. The Bertz CT molecular complexity index is 148. The van der Waals surface area contributed by atoms with Gasteiger partial charge in [0.05, 0.1) is 26.4 Å². The normalized spacial score (nSPS) is 52.0. The van der Waals surface area contributed by atoms with Crippen LogP contribution in [0.1, 0.15) is 0 Å². The molecule has 0 aromatic rings. The molecule has 3 heterocycles. The van der Waals surface area contributed by atoms with Crippen LogP contribution in [0.2, 0.25) is 0 Å². The highest BCUT2D eigenvalue weighted by atomic mass is 16.7. The molecule has 0 amide bonds. The molecule has 0 saturated carbocycles. The molecule has 3 aliphatic heterocycles. The molecule has 3 aliphatic rings. The predicted octanol–water partition coefficient (Wildman–Crippen LogP) is -0.432. The van der Waals surface area contributed by atoms with Crippen molar-refractivity contribution in [2.45, 2.75) is 24.4 Å². The minimum absolute atomic E-state index is 0.146. The molecule has 3 fully saturated rings. The molecule has 0 radical (unpaired) electrons. The van der Waals surface area contributed by atoms with Gasteiger partial charge in [0.1, 0.15) is 24.4 Å². The lowest BCUT2D eigenvalue weighted by Gasteiger charge is -2.32. The number of hydrogen-bond acceptors (Lipinski definition) is 4. The quantitative estimate of drug-likeness (QED) is 0.496. The molecule has 0 aromatic carbocycles. The number of hydrogen-bond donors (Lipinski definition) is 0. The van der Waals surface area contributed by atoms with Gasteiger partial charge < -0.3 is 18.9 Å². The second-order valence-corrected chi connectivity index (χ2v) is 3.50. The fraction of sp³-hybridized carbons (Fsp3) is 1.00. The first-order valence-electron chi connectivity index (χ1n) is 4.40. The van der Waals surface area contributed by atoms with Crippen molar-refractivity contribution >= 4 is 0 Å². The first-order chi connectivity index (χ1) is 5.93. The van der Waals surface area contributed by atoms with Crippen molar-refractivity contribution in [3.8, 4) is 0 Å². The summed E-state index contributed by atoms with van der Waals surface area (Å²) in [5.41, 5.74) is 0. The van der Waals surface area contributed by atoms with E-state index in [1.54, 1.807) is 0 Å². The molecule has 0 aromatic heterocycles. The number of ether oxygens (including phenoxy) is 4. The molecule has 3 rings (SSSR count). The lowest BCUT2D eigenvalue weighted by atomic mass is 10.1. The molecule has 0 N–H and O–H groups in total. The zero-order valence-electron chi connectivity index (χ0n) is 6.77. The summed E-state index contributed by atoms with van der Waals surface area (Å²) >= 11 is 0. The summed E-state index contributed by atoms with van der Waals surface area (Å²) in [5, 5.41) is 0. The van der Waals surface area contributed by atoms with Crippen molar-refractivity contribution in [2.24, 2.45) is 0 Å². The summed E-state index contributed by atoms with van der Waals surface area (Å²) in [5.74, 6) is 0. The summed E-state index contributed by atoms with van der Waals surface area (Å²) in [6, 6.07) is 0. The maximum atomic E-state index is 5.76. The van der Waals surface area contributed by atoms with Crippen LogP contribution in [0.3, 0.4) is 0 Å². The third-order valence-electron chi connectivity index (χ3n) is 2.66. The molecule has 0 aliphatic carbocycles. The summed E-state index contributed by atoms with van der Waals surface area (Å²) < 4.78 is 22.1. The van der Waals surface area contributed by atoms with Crippen molar-refractivity contribution in [1.29, 1.82) is 0 Å². The maximum Gasteiger partial charge on any atom is 0.110 e. The van der Waals surface area contributed by atoms with Crippen LogP contribution in [-0.4, -0.2) is 50.8 Å². The number of fused-ring (bicyclic) bond motifs is 2. The Morgan fingerprint density at radius 1 is 0.583 bits per heavy atom. The van der Waals surface area contributed by atoms with E-state index in [-0.39, 0.29) is 24.4 Å². The van der Waals surface area contributed by atoms with Gasteiger partial charge >= 0.3 is 0 Å². The van der Waals surface area contributed by atoms with Crippen LogP contribution in [0, 0.1) is 0 Å². The molecule has 3 saturated heterocycles. The Morgan fingerprint density at radius 3 is 1.25 bits per heavy atom. The average Bonchev–Trinajstić information content (AvgIpc) is 2.64. The predicted molar refractivity (Wildman–Crippen MR) is 39.0 cm³/mol. The van der Waals surface area contributed by atoms with Crippen molar-refractivity contribution < 1.29 is 18.9 Å². The largest absolute Gasteiger partial charge is 0.376 e. The molecule has 4 heteroatoms. The third kappa shape index (κ3) is 0.992. The standard InChI is InChI=1S/C8H12O4/c1-5-6(2-9-1)12-8-4-10-3-7(8)11-5/h5-8H,1-4H2/t5-,6-,7-,8+/m1/s1. The molecule has 4 atom stereocenters. The summed E-state index contributed by atoms with van der Waals surface area (Å²) in [6.45, 7) is 2.70. The van der Waals surface area contributed by atoms with Gasteiger partial charge in [-0.3, -0.25) is 0 Å². The van der Waals surface area contributed by atoms with E-state index in [1.807, 2.05) is 0 Å². The maximum absolute atomic E-state index is 5.76. The zero-order valence-corrected chi connectivity index (χ0v) is 6.77. The van der Waals surface area contributed by atoms with Crippen LogP contribution in [0.15, 0.2) is 0 Å². The average molecular weight is 172 g/mol. The molecule has 12 heavy (non-hydrogen) atoms. The smallest absolute Gasteiger partial charge is 0.110 e. The van der Waals surface area contributed by atoms with Gasteiger partial charge in [0.25, 0.3) is 0 Å². The fourth-order valence-electron chi connectivity index (χ4n) is 1.99. The van der Waals surface area contributed by atoms with E-state index >= 15 is 0 Å². The van der Waals surface area contributed by atoms with E-state index in [0.29, 0.717) is 26.4 Å². The van der Waals surface area contributed by atoms with Gasteiger partial charge in [-0.05, 0) is 0 Å². The Morgan fingerprint density at radius 2 is 0.917 bits per heavy atom. The Hall–Kier alpha value is -0.160. The monoisotopic (exact) mass is 172 g/mol. The molecular formula is C8H12O4. The highest BCUT2D eigenvalue weighted by Gasteiger charge is 2.44. The minimum atomic E-state index is 0.146. The van der Waals surface area contributed by atoms with E-state index in [9.17, 15) is 0 Å². The van der Waals surface area contributed by atoms with E-state index < -0.39 is 0 Å². The first kappa shape index (κ1) is 7.26. The highest BCUT2D eigenvalue weighted by molar-refractivity contribution is 4.89. The zero-order chi connectivity index (χ0) is 7.97. The lowest BCUT2D eigenvalue weighted by Crippen LogP contribution is -2.47. The second-order valence-electron chi connectivity index (χ2n) is 3.50. The molecule has 0 bridgehead atoms. The molecule has 0 unspecified atom stereocenters. The van der Waals surface area contributed by atoms with E-state index in [2.05, 4.69) is 0 Å². The van der Waals surface area contributed by atoms with Gasteiger partial charge in [-0.25, -0.2) is 0 Å². The molecule has 68 valence electrons. The fourth-order valence-corrected chi connectivity index (χ4v) is 1.99. The topological polar surface area (TPSA) is 36.9 Å². The van der Waals surface area contributed by atoms with Crippen molar-refractivity contribution in [2.75, 3.05) is 26.4 Å². The molecule has 4 nitrogen and oxygen atoms in total. The van der Waals surface area contributed by atoms with Crippen LogP contribution in [-0.2, 0) is 18.9 Å². The van der Waals surface area contributed by atoms with Gasteiger partial charge in [-0.2, -0.15) is 0 Å². The van der Waals surface area contributed by atoms with E-state index in [0.717, 1.165) is 0 Å². The lowest BCUT2D eigenvalue weighted by molar-refractivity contribution is -0.184. The molecular weight excluding hydrogens is 160 g/mol. The van der Waals surface area contributed by atoms with Gasteiger partial charge in [0.15, 0.2) is 0 Å². The van der Waals surface area contributed by atoms with E-state index in [1.165, 1.54) is 0 Å². The van der Waals surface area contributed by atoms with Gasteiger partial charge in [-0.1, -0.05) is 0 Å². The number of rotatable bonds is 0. The summed E-state index contributed by atoms with van der Waals surface area (Å²) in [4.78, 5) is 0. The third-order valence-corrected chi connectivity index (χ3v) is 2.66. The van der Waals surface area contributed by atoms with Gasteiger partial charge in [0.2, 0.25) is 0 Å². The van der Waals surface area contributed by atoms with Crippen LogP contribution in [0.4, 0.5) is 0 Å². The van der Waals surface area contributed by atoms with Crippen molar-refractivity contribution in [3.63, 3.8) is 0 Å². The van der Waals surface area contributed by atoms with Crippen molar-refractivity contribution in [3.05, 3.63) is 0 Å². The Labute approximate surface area is 70.7 Å².